The minimum atomic E-state index is -0.297. The minimum absolute atomic E-state index is 0.174. The Kier molecular flexibility index (Phi) is 4.38. The maximum Gasteiger partial charge on any atom is 0.338 e. The van der Waals surface area contributed by atoms with Crippen LogP contribution in [0.3, 0.4) is 0 Å². The van der Waals surface area contributed by atoms with Crippen molar-refractivity contribution in [2.75, 3.05) is 13.2 Å². The van der Waals surface area contributed by atoms with Crippen LogP contribution in [0.25, 0.3) is 11.1 Å². The lowest BCUT2D eigenvalue weighted by Gasteiger charge is -2.07. The first-order valence-corrected chi connectivity index (χ1v) is 8.09. The Labute approximate surface area is 142 Å². The number of rotatable bonds is 4. The molecule has 0 spiro atoms. The Bertz CT molecular complexity index is 776. The Morgan fingerprint density at radius 3 is 2.46 bits per heavy atom. The fraction of sp³-hybridized carbons (Fsp3) is 0.300. The predicted octanol–water partition coefficient (Wildman–Crippen LogP) is 4.09. The highest BCUT2D eigenvalue weighted by Crippen LogP contribution is 2.25. The molecule has 0 N–H and O–H groups in total. The van der Waals surface area contributed by atoms with Crippen LogP contribution in [0.4, 0.5) is 0 Å². The molecule has 4 heteroatoms. The van der Waals surface area contributed by atoms with E-state index in [-0.39, 0.29) is 11.5 Å². The molecule has 2 aromatic rings. The summed E-state index contributed by atoms with van der Waals surface area (Å²) in [4.78, 5) is 16.3. The van der Waals surface area contributed by atoms with Gasteiger partial charge in [-0.2, -0.15) is 0 Å². The van der Waals surface area contributed by atoms with Gasteiger partial charge in [0.05, 0.1) is 17.7 Å². The van der Waals surface area contributed by atoms with Crippen LogP contribution in [-0.2, 0) is 9.47 Å². The molecule has 124 valence electrons. The molecule has 2 aromatic carbocycles. The van der Waals surface area contributed by atoms with E-state index in [1.54, 1.807) is 19.1 Å². The average Bonchev–Trinajstić information content (AvgIpc) is 2.95. The van der Waals surface area contributed by atoms with Gasteiger partial charge < -0.3 is 9.47 Å². The molecule has 0 radical (unpaired) electrons. The Hall–Kier alpha value is -2.62. The van der Waals surface area contributed by atoms with E-state index in [0.717, 1.165) is 16.7 Å². The highest BCUT2D eigenvalue weighted by Gasteiger charge is 2.27. The summed E-state index contributed by atoms with van der Waals surface area (Å²) in [5.74, 6) is 0.388. The van der Waals surface area contributed by atoms with Gasteiger partial charge in [0, 0.05) is 5.56 Å². The smallest absolute Gasteiger partial charge is 0.338 e. The van der Waals surface area contributed by atoms with Gasteiger partial charge in [-0.1, -0.05) is 24.3 Å². The number of hydrogen-bond donors (Lipinski definition) is 0. The van der Waals surface area contributed by atoms with Gasteiger partial charge in [0.2, 0.25) is 5.90 Å². The fourth-order valence-electron chi connectivity index (χ4n) is 2.58. The van der Waals surface area contributed by atoms with Gasteiger partial charge in [-0.15, -0.1) is 0 Å². The highest BCUT2D eigenvalue weighted by atomic mass is 16.5. The number of carbonyl (C=O) groups is 1. The van der Waals surface area contributed by atoms with Crippen molar-refractivity contribution in [1.29, 1.82) is 0 Å². The third-order valence-electron chi connectivity index (χ3n) is 3.81. The molecule has 1 aliphatic heterocycles. The second-order valence-electron chi connectivity index (χ2n) is 6.40. The number of esters is 1. The molecule has 0 saturated carbocycles. The van der Waals surface area contributed by atoms with Gasteiger partial charge >= 0.3 is 5.97 Å². The normalized spacial score (nSPS) is 15.5. The van der Waals surface area contributed by atoms with Crippen molar-refractivity contribution in [2.24, 2.45) is 4.99 Å². The molecule has 3 rings (SSSR count). The van der Waals surface area contributed by atoms with Crippen molar-refractivity contribution < 1.29 is 14.3 Å². The molecule has 24 heavy (non-hydrogen) atoms. The van der Waals surface area contributed by atoms with Gasteiger partial charge in [0.25, 0.3) is 0 Å². The molecule has 0 bridgehead atoms. The predicted molar refractivity (Wildman–Crippen MR) is 94.4 cm³/mol. The van der Waals surface area contributed by atoms with Crippen LogP contribution in [0.15, 0.2) is 53.5 Å². The first-order chi connectivity index (χ1) is 11.5. The first kappa shape index (κ1) is 16.2. The van der Waals surface area contributed by atoms with Crippen LogP contribution < -0.4 is 0 Å². The second-order valence-corrected chi connectivity index (χ2v) is 6.40. The lowest BCUT2D eigenvalue weighted by molar-refractivity contribution is 0.0526. The molecule has 1 heterocycles. The maximum atomic E-state index is 11.7. The van der Waals surface area contributed by atoms with E-state index in [1.807, 2.05) is 30.3 Å². The number of hydrogen-bond acceptors (Lipinski definition) is 4. The number of aliphatic imine (C=N–C) groups is 1. The third-order valence-corrected chi connectivity index (χ3v) is 3.81. The molecular formula is C20H21NO3. The highest BCUT2D eigenvalue weighted by molar-refractivity contribution is 5.96. The van der Waals surface area contributed by atoms with Crippen LogP contribution in [0.1, 0.15) is 36.7 Å². The molecule has 0 unspecified atom stereocenters. The summed E-state index contributed by atoms with van der Waals surface area (Å²) < 4.78 is 10.7. The van der Waals surface area contributed by atoms with Crippen molar-refractivity contribution in [3.63, 3.8) is 0 Å². The second kappa shape index (κ2) is 6.48. The number of nitrogens with zero attached hydrogens (tertiary/aromatic N) is 1. The fourth-order valence-corrected chi connectivity index (χ4v) is 2.58. The lowest BCUT2D eigenvalue weighted by atomic mass is 10.0. The van der Waals surface area contributed by atoms with Crippen LogP contribution in [0, 0.1) is 0 Å². The van der Waals surface area contributed by atoms with Gasteiger partial charge in [-0.25, -0.2) is 9.79 Å². The number of benzene rings is 2. The number of ether oxygens (including phenoxy) is 2. The van der Waals surface area contributed by atoms with Crippen LogP contribution in [-0.4, -0.2) is 30.6 Å². The molecule has 1 aliphatic rings. The summed E-state index contributed by atoms with van der Waals surface area (Å²) in [5.41, 5.74) is 3.43. The molecule has 0 atom stereocenters. The van der Waals surface area contributed by atoms with Crippen molar-refractivity contribution in [3.05, 3.63) is 59.7 Å². The Balaban J connectivity index is 1.86. The van der Waals surface area contributed by atoms with Crippen molar-refractivity contribution in [2.45, 2.75) is 26.3 Å². The zero-order valence-electron chi connectivity index (χ0n) is 14.2. The van der Waals surface area contributed by atoms with E-state index in [4.69, 9.17) is 9.47 Å². The van der Waals surface area contributed by atoms with Crippen molar-refractivity contribution in [3.8, 4) is 11.1 Å². The quantitative estimate of drug-likeness (QED) is 0.796. The van der Waals surface area contributed by atoms with E-state index in [0.29, 0.717) is 24.7 Å². The van der Waals surface area contributed by atoms with Gasteiger partial charge in [-0.05, 0) is 56.2 Å². The topological polar surface area (TPSA) is 47.9 Å². The van der Waals surface area contributed by atoms with Crippen LogP contribution in [0.5, 0.6) is 0 Å². The van der Waals surface area contributed by atoms with Crippen molar-refractivity contribution >= 4 is 11.9 Å². The molecular weight excluding hydrogens is 302 g/mol. The van der Waals surface area contributed by atoms with Gasteiger partial charge in [-0.3, -0.25) is 0 Å². The van der Waals surface area contributed by atoms with Crippen LogP contribution in [0.2, 0.25) is 0 Å². The van der Waals surface area contributed by atoms with Gasteiger partial charge in [0.15, 0.2) is 0 Å². The summed E-state index contributed by atoms with van der Waals surface area (Å²) in [6, 6.07) is 15.5. The van der Waals surface area contributed by atoms with E-state index < -0.39 is 0 Å². The number of carbonyl (C=O) groups excluding carboxylic acids is 1. The summed E-state index contributed by atoms with van der Waals surface area (Å²) in [6.45, 7) is 6.88. The maximum absolute atomic E-state index is 11.7. The molecule has 0 fully saturated rings. The largest absolute Gasteiger partial charge is 0.475 e. The summed E-state index contributed by atoms with van der Waals surface area (Å²) in [5, 5.41) is 0. The van der Waals surface area contributed by atoms with E-state index in [1.165, 1.54) is 0 Å². The summed E-state index contributed by atoms with van der Waals surface area (Å²) >= 11 is 0. The lowest BCUT2D eigenvalue weighted by Crippen LogP contribution is -2.17. The molecule has 0 aliphatic carbocycles. The van der Waals surface area contributed by atoms with Crippen molar-refractivity contribution in [1.82, 2.24) is 0 Å². The summed E-state index contributed by atoms with van der Waals surface area (Å²) in [7, 11) is 0. The minimum Gasteiger partial charge on any atom is -0.475 e. The standard InChI is InChI=1S/C20H21NO3/c1-4-23-19(22)15-10-8-14(9-11-15)16-6-5-7-17(12-16)18-21-20(2,3)13-24-18/h5-12H,4,13H2,1-3H3. The zero-order chi connectivity index (χ0) is 17.2. The monoisotopic (exact) mass is 323 g/mol. The van der Waals surface area contributed by atoms with Crippen LogP contribution >= 0.6 is 0 Å². The molecule has 0 aromatic heterocycles. The van der Waals surface area contributed by atoms with E-state index >= 15 is 0 Å². The Morgan fingerprint density at radius 2 is 1.83 bits per heavy atom. The van der Waals surface area contributed by atoms with E-state index in [2.05, 4.69) is 24.9 Å². The first-order valence-electron chi connectivity index (χ1n) is 8.09. The molecule has 0 saturated heterocycles. The molecule has 4 nitrogen and oxygen atoms in total. The zero-order valence-corrected chi connectivity index (χ0v) is 14.2. The Morgan fingerprint density at radius 1 is 1.12 bits per heavy atom. The van der Waals surface area contributed by atoms with E-state index in [9.17, 15) is 4.79 Å². The molecule has 0 amide bonds. The SMILES string of the molecule is CCOC(=O)c1ccc(-c2cccc(C3=NC(C)(C)CO3)c2)cc1. The third kappa shape index (κ3) is 3.48. The van der Waals surface area contributed by atoms with Gasteiger partial charge in [0.1, 0.15) is 6.61 Å². The summed E-state index contributed by atoms with van der Waals surface area (Å²) in [6.07, 6.45) is 0. The average molecular weight is 323 g/mol.